The summed E-state index contributed by atoms with van der Waals surface area (Å²) in [5.74, 6) is -1.75. The zero-order valence-electron chi connectivity index (χ0n) is 13.2. The van der Waals surface area contributed by atoms with Gasteiger partial charge in [-0.3, -0.25) is 9.59 Å². The Labute approximate surface area is 129 Å². The van der Waals surface area contributed by atoms with Gasteiger partial charge in [0.25, 0.3) is 5.91 Å². The summed E-state index contributed by atoms with van der Waals surface area (Å²) in [6, 6.07) is 7.27. The molecule has 0 aliphatic rings. The van der Waals surface area contributed by atoms with Crippen LogP contribution in [-0.2, 0) is 19.1 Å². The Balaban J connectivity index is 3.04. The van der Waals surface area contributed by atoms with E-state index in [-0.39, 0.29) is 6.61 Å². The summed E-state index contributed by atoms with van der Waals surface area (Å²) in [6.45, 7) is 4.84. The second-order valence-corrected chi connectivity index (χ2v) is 5.24. The van der Waals surface area contributed by atoms with Crippen LogP contribution in [0.1, 0.15) is 31.1 Å². The highest BCUT2D eigenvalue weighted by molar-refractivity contribution is 5.98. The first-order valence-corrected chi connectivity index (χ1v) is 6.95. The molecule has 1 N–H and O–H groups in total. The number of rotatable bonds is 6. The summed E-state index contributed by atoms with van der Waals surface area (Å²) < 4.78 is 9.67. The van der Waals surface area contributed by atoms with Crippen molar-refractivity contribution in [2.24, 2.45) is 5.41 Å². The van der Waals surface area contributed by atoms with E-state index in [4.69, 9.17) is 9.47 Å². The van der Waals surface area contributed by atoms with Gasteiger partial charge < -0.3 is 14.8 Å². The molecule has 0 bridgehead atoms. The number of hydrogen-bond donors (Lipinski definition) is 1. The summed E-state index contributed by atoms with van der Waals surface area (Å²) in [7, 11) is 1.23. The minimum absolute atomic E-state index is 0.147. The largest absolute Gasteiger partial charge is 0.469 e. The van der Waals surface area contributed by atoms with Crippen LogP contribution in [0, 0.1) is 5.41 Å². The lowest BCUT2D eigenvalue weighted by Crippen LogP contribution is -2.54. The summed E-state index contributed by atoms with van der Waals surface area (Å²) >= 11 is 0. The van der Waals surface area contributed by atoms with Gasteiger partial charge in [-0.15, -0.1) is 0 Å². The van der Waals surface area contributed by atoms with Gasteiger partial charge in [-0.05, 0) is 32.9 Å². The van der Waals surface area contributed by atoms with Gasteiger partial charge in [-0.2, -0.15) is 0 Å². The molecule has 1 aromatic carbocycles. The third-order valence-corrected chi connectivity index (χ3v) is 3.27. The second kappa shape index (κ2) is 7.59. The van der Waals surface area contributed by atoms with Gasteiger partial charge >= 0.3 is 11.9 Å². The number of carbonyl (C=O) groups is 3. The molecule has 22 heavy (non-hydrogen) atoms. The smallest absolute Gasteiger partial charge is 0.329 e. The average molecular weight is 307 g/mol. The van der Waals surface area contributed by atoms with Gasteiger partial charge in [0.1, 0.15) is 6.04 Å². The molecule has 0 fully saturated rings. The topological polar surface area (TPSA) is 81.7 Å². The molecule has 0 aromatic heterocycles. The molecule has 0 aliphatic carbocycles. The first kappa shape index (κ1) is 17.7. The van der Waals surface area contributed by atoms with E-state index in [9.17, 15) is 14.4 Å². The average Bonchev–Trinajstić information content (AvgIpc) is 2.52. The molecule has 0 saturated heterocycles. The highest BCUT2D eigenvalue weighted by atomic mass is 16.5. The minimum atomic E-state index is -1.26. The number of methoxy groups -OCH3 is 1. The Bertz CT molecular complexity index is 539. The molecular formula is C16H21NO5. The molecule has 1 aromatic rings. The predicted octanol–water partition coefficient (Wildman–Crippen LogP) is 1.55. The molecule has 1 atom stereocenters. The molecule has 0 saturated carbocycles. The molecule has 1 amide bonds. The van der Waals surface area contributed by atoms with Crippen molar-refractivity contribution in [3.63, 3.8) is 0 Å². The maximum atomic E-state index is 12.3. The lowest BCUT2D eigenvalue weighted by Gasteiger charge is -2.30. The number of carbonyl (C=O) groups excluding carboxylic acids is 3. The van der Waals surface area contributed by atoms with Gasteiger partial charge in [0.15, 0.2) is 0 Å². The molecule has 0 spiro atoms. The molecule has 1 rings (SSSR count). The van der Waals surface area contributed by atoms with Crippen LogP contribution >= 0.6 is 0 Å². The van der Waals surface area contributed by atoms with Gasteiger partial charge in [-0.25, -0.2) is 4.79 Å². The highest BCUT2D eigenvalue weighted by Gasteiger charge is 2.44. The fourth-order valence-electron chi connectivity index (χ4n) is 1.94. The Morgan fingerprint density at radius 2 is 1.77 bits per heavy atom. The van der Waals surface area contributed by atoms with Crippen LogP contribution in [-0.4, -0.2) is 37.6 Å². The first-order chi connectivity index (χ1) is 10.3. The molecule has 0 aliphatic heterocycles. The fraction of sp³-hybridized carbons (Fsp3) is 0.438. The molecule has 0 heterocycles. The van der Waals surface area contributed by atoms with E-state index >= 15 is 0 Å². The lowest BCUT2D eigenvalue weighted by atomic mass is 9.84. The van der Waals surface area contributed by atoms with E-state index in [1.807, 2.05) is 0 Å². The van der Waals surface area contributed by atoms with Gasteiger partial charge in [0.2, 0.25) is 0 Å². The normalized spacial score (nSPS) is 12.2. The minimum Gasteiger partial charge on any atom is -0.469 e. The van der Waals surface area contributed by atoms with Gasteiger partial charge in [-0.1, -0.05) is 18.2 Å². The molecular weight excluding hydrogens is 286 g/mol. The van der Waals surface area contributed by atoms with E-state index in [0.29, 0.717) is 5.56 Å². The van der Waals surface area contributed by atoms with Crippen molar-refractivity contribution in [3.05, 3.63) is 35.9 Å². The summed E-state index contributed by atoms with van der Waals surface area (Å²) in [6.07, 6.45) is 0. The monoisotopic (exact) mass is 307 g/mol. The van der Waals surface area contributed by atoms with Crippen molar-refractivity contribution in [3.8, 4) is 0 Å². The summed E-state index contributed by atoms with van der Waals surface area (Å²) in [5.41, 5.74) is -0.872. The zero-order chi connectivity index (χ0) is 16.8. The van der Waals surface area contributed by atoms with Crippen LogP contribution in [0.25, 0.3) is 0 Å². The number of esters is 2. The number of amides is 1. The molecule has 0 radical (unpaired) electrons. The summed E-state index contributed by atoms with van der Waals surface area (Å²) in [5, 5.41) is 2.56. The van der Waals surface area contributed by atoms with Gasteiger partial charge in [0, 0.05) is 5.56 Å². The maximum Gasteiger partial charge on any atom is 0.329 e. The molecule has 6 heteroatoms. The molecule has 6 nitrogen and oxygen atoms in total. The van der Waals surface area contributed by atoms with Crippen molar-refractivity contribution < 1.29 is 23.9 Å². The fourth-order valence-corrected chi connectivity index (χ4v) is 1.94. The van der Waals surface area contributed by atoms with E-state index in [0.717, 1.165) is 0 Å². The first-order valence-electron chi connectivity index (χ1n) is 6.95. The third kappa shape index (κ3) is 4.07. The Morgan fingerprint density at radius 1 is 1.18 bits per heavy atom. The summed E-state index contributed by atoms with van der Waals surface area (Å²) in [4.78, 5) is 36.3. The van der Waals surface area contributed by atoms with Crippen molar-refractivity contribution in [2.75, 3.05) is 13.7 Å². The maximum absolute atomic E-state index is 12.3. The molecule has 120 valence electrons. The third-order valence-electron chi connectivity index (χ3n) is 3.27. The van der Waals surface area contributed by atoms with Crippen LogP contribution in [0.3, 0.4) is 0 Å². The standard InChI is InChI=1S/C16H21NO5/c1-5-22-14(19)12(16(2,3)15(20)21-4)17-13(18)11-9-7-6-8-10-11/h6-10,12H,5H2,1-4H3,(H,17,18)/t12-/m0/s1. The van der Waals surface area contributed by atoms with E-state index in [1.54, 1.807) is 37.3 Å². The lowest BCUT2D eigenvalue weighted by molar-refractivity contribution is -0.161. The highest BCUT2D eigenvalue weighted by Crippen LogP contribution is 2.24. The van der Waals surface area contributed by atoms with Crippen molar-refractivity contribution >= 4 is 17.8 Å². The zero-order valence-corrected chi connectivity index (χ0v) is 13.2. The number of hydrogen-bond acceptors (Lipinski definition) is 5. The quantitative estimate of drug-likeness (QED) is 0.806. The second-order valence-electron chi connectivity index (χ2n) is 5.24. The van der Waals surface area contributed by atoms with Crippen molar-refractivity contribution in [2.45, 2.75) is 26.8 Å². The Kier molecular flexibility index (Phi) is 6.10. The Morgan fingerprint density at radius 3 is 2.27 bits per heavy atom. The van der Waals surface area contributed by atoms with Crippen molar-refractivity contribution in [1.29, 1.82) is 0 Å². The SMILES string of the molecule is CCOC(=O)[C@H](NC(=O)c1ccccc1)C(C)(C)C(=O)OC. The van der Waals surface area contributed by atoms with Crippen LogP contribution in [0.2, 0.25) is 0 Å². The number of nitrogens with one attached hydrogen (secondary N) is 1. The number of ether oxygens (including phenoxy) is 2. The van der Waals surface area contributed by atoms with Crippen LogP contribution in [0.15, 0.2) is 30.3 Å². The van der Waals surface area contributed by atoms with E-state index in [2.05, 4.69) is 5.32 Å². The molecule has 0 unspecified atom stereocenters. The van der Waals surface area contributed by atoms with Crippen LogP contribution in [0.4, 0.5) is 0 Å². The Hall–Kier alpha value is -2.37. The predicted molar refractivity (Wildman–Crippen MR) is 80.1 cm³/mol. The van der Waals surface area contributed by atoms with Crippen molar-refractivity contribution in [1.82, 2.24) is 5.32 Å². The van der Waals surface area contributed by atoms with Gasteiger partial charge in [0.05, 0.1) is 19.1 Å². The van der Waals surface area contributed by atoms with E-state index < -0.39 is 29.3 Å². The number of benzene rings is 1. The van der Waals surface area contributed by atoms with Crippen LogP contribution < -0.4 is 5.32 Å². The van der Waals surface area contributed by atoms with E-state index in [1.165, 1.54) is 21.0 Å². The van der Waals surface area contributed by atoms with Crippen LogP contribution in [0.5, 0.6) is 0 Å².